The van der Waals surface area contributed by atoms with Crippen molar-refractivity contribution >= 4 is 35.0 Å². The van der Waals surface area contributed by atoms with Crippen molar-refractivity contribution in [1.82, 2.24) is 0 Å². The van der Waals surface area contributed by atoms with Crippen LogP contribution >= 0.6 is 11.8 Å². The molecule has 26 heavy (non-hydrogen) atoms. The number of carbonyl (C=O) groups is 2. The number of anilines is 2. The summed E-state index contributed by atoms with van der Waals surface area (Å²) in [6.07, 6.45) is 1.44. The van der Waals surface area contributed by atoms with Gasteiger partial charge in [-0.15, -0.1) is 11.8 Å². The second-order valence-electron chi connectivity index (χ2n) is 5.63. The van der Waals surface area contributed by atoms with Gasteiger partial charge in [0, 0.05) is 4.90 Å². The summed E-state index contributed by atoms with van der Waals surface area (Å²) in [6, 6.07) is 18.4. The Labute approximate surface area is 155 Å². The van der Waals surface area contributed by atoms with Crippen LogP contribution < -0.4 is 10.6 Å². The predicted molar refractivity (Wildman–Crippen MR) is 104 cm³/mol. The van der Waals surface area contributed by atoms with E-state index in [1.54, 1.807) is 18.2 Å². The number of nitrogens with one attached hydrogen (secondary N) is 2. The summed E-state index contributed by atoms with van der Waals surface area (Å²) in [6.45, 7) is 1.92. The average Bonchev–Trinajstić information content (AvgIpc) is 3.18. The molecule has 2 aromatic carbocycles. The molecule has 3 aromatic rings. The minimum Gasteiger partial charge on any atom is -0.459 e. The summed E-state index contributed by atoms with van der Waals surface area (Å²) < 4.78 is 5.10. The first-order valence-electron chi connectivity index (χ1n) is 8.05. The van der Waals surface area contributed by atoms with Gasteiger partial charge in [-0.25, -0.2) is 0 Å². The Kier molecular flexibility index (Phi) is 5.76. The molecule has 0 unspecified atom stereocenters. The lowest BCUT2D eigenvalue weighted by Gasteiger charge is -2.13. The predicted octanol–water partition coefficient (Wildman–Crippen LogP) is 4.57. The van der Waals surface area contributed by atoms with E-state index in [9.17, 15) is 9.59 Å². The van der Waals surface area contributed by atoms with Crippen molar-refractivity contribution in [2.75, 3.05) is 16.4 Å². The highest BCUT2D eigenvalue weighted by molar-refractivity contribution is 8.00. The van der Waals surface area contributed by atoms with Gasteiger partial charge >= 0.3 is 0 Å². The van der Waals surface area contributed by atoms with Gasteiger partial charge < -0.3 is 15.1 Å². The third-order valence-corrected chi connectivity index (χ3v) is 4.57. The number of aryl methyl sites for hydroxylation is 1. The molecule has 0 fully saturated rings. The summed E-state index contributed by atoms with van der Waals surface area (Å²) >= 11 is 1.46. The summed E-state index contributed by atoms with van der Waals surface area (Å²) in [5, 5.41) is 5.63. The van der Waals surface area contributed by atoms with Crippen LogP contribution in [0.5, 0.6) is 0 Å². The summed E-state index contributed by atoms with van der Waals surface area (Å²) in [4.78, 5) is 25.5. The van der Waals surface area contributed by atoms with Crippen LogP contribution in [0.4, 0.5) is 11.4 Å². The molecule has 0 aliphatic rings. The Morgan fingerprint density at radius 2 is 1.77 bits per heavy atom. The first-order valence-corrected chi connectivity index (χ1v) is 9.03. The first-order chi connectivity index (χ1) is 12.6. The van der Waals surface area contributed by atoms with Gasteiger partial charge in [0.25, 0.3) is 5.91 Å². The van der Waals surface area contributed by atoms with Crippen molar-refractivity contribution < 1.29 is 14.0 Å². The van der Waals surface area contributed by atoms with Crippen molar-refractivity contribution in [2.45, 2.75) is 11.8 Å². The highest BCUT2D eigenvalue weighted by Gasteiger charge is 2.13. The minimum atomic E-state index is -0.368. The number of carbonyl (C=O) groups excluding carboxylic acids is 2. The second kappa shape index (κ2) is 8.40. The normalized spacial score (nSPS) is 10.3. The molecule has 1 aromatic heterocycles. The average molecular weight is 366 g/mol. The topological polar surface area (TPSA) is 71.3 Å². The van der Waals surface area contributed by atoms with E-state index in [2.05, 4.69) is 10.6 Å². The van der Waals surface area contributed by atoms with Crippen molar-refractivity contribution in [1.29, 1.82) is 0 Å². The molecular weight excluding hydrogens is 348 g/mol. The second-order valence-corrected chi connectivity index (χ2v) is 6.68. The van der Waals surface area contributed by atoms with Gasteiger partial charge in [-0.05, 0) is 48.9 Å². The van der Waals surface area contributed by atoms with Crippen molar-refractivity contribution in [3.63, 3.8) is 0 Å². The van der Waals surface area contributed by atoms with Crippen LogP contribution in [-0.4, -0.2) is 17.6 Å². The lowest BCUT2D eigenvalue weighted by atomic mass is 10.2. The highest BCUT2D eigenvalue weighted by Crippen LogP contribution is 2.25. The van der Waals surface area contributed by atoms with E-state index in [-0.39, 0.29) is 23.3 Å². The van der Waals surface area contributed by atoms with E-state index in [1.807, 2.05) is 49.4 Å². The van der Waals surface area contributed by atoms with Gasteiger partial charge in [0.1, 0.15) is 0 Å². The number of hydrogen-bond donors (Lipinski definition) is 2. The Morgan fingerprint density at radius 3 is 2.50 bits per heavy atom. The molecule has 3 rings (SSSR count). The fourth-order valence-electron chi connectivity index (χ4n) is 2.31. The number of thioether (sulfide) groups is 1. The fourth-order valence-corrected chi connectivity index (χ4v) is 3.03. The van der Waals surface area contributed by atoms with Gasteiger partial charge in [0.2, 0.25) is 5.91 Å². The van der Waals surface area contributed by atoms with E-state index < -0.39 is 0 Å². The highest BCUT2D eigenvalue weighted by atomic mass is 32.2. The monoisotopic (exact) mass is 366 g/mol. The van der Waals surface area contributed by atoms with Crippen LogP contribution in [0.15, 0.2) is 76.2 Å². The number of rotatable bonds is 6. The Bertz CT molecular complexity index is 893. The Hall–Kier alpha value is -2.99. The maximum absolute atomic E-state index is 12.3. The van der Waals surface area contributed by atoms with Gasteiger partial charge in [-0.3, -0.25) is 9.59 Å². The van der Waals surface area contributed by atoms with E-state index in [4.69, 9.17) is 4.42 Å². The summed E-state index contributed by atoms with van der Waals surface area (Å²) in [5.41, 5.74) is 2.06. The lowest BCUT2D eigenvalue weighted by Crippen LogP contribution is -2.17. The lowest BCUT2D eigenvalue weighted by molar-refractivity contribution is -0.113. The van der Waals surface area contributed by atoms with Crippen LogP contribution in [0, 0.1) is 6.92 Å². The van der Waals surface area contributed by atoms with Crippen molar-refractivity contribution in [3.05, 3.63) is 78.3 Å². The van der Waals surface area contributed by atoms with Gasteiger partial charge in [0.15, 0.2) is 5.76 Å². The largest absolute Gasteiger partial charge is 0.459 e. The van der Waals surface area contributed by atoms with E-state index in [1.165, 1.54) is 18.0 Å². The Morgan fingerprint density at radius 1 is 0.962 bits per heavy atom. The van der Waals surface area contributed by atoms with Gasteiger partial charge in [-0.2, -0.15) is 0 Å². The van der Waals surface area contributed by atoms with E-state index in [0.29, 0.717) is 11.4 Å². The molecule has 0 aliphatic heterocycles. The molecule has 2 N–H and O–H groups in total. The van der Waals surface area contributed by atoms with Gasteiger partial charge in [-0.1, -0.05) is 24.3 Å². The zero-order valence-electron chi connectivity index (χ0n) is 14.2. The molecule has 0 saturated heterocycles. The van der Waals surface area contributed by atoms with Crippen LogP contribution in [0.2, 0.25) is 0 Å². The van der Waals surface area contributed by atoms with Gasteiger partial charge in [0.05, 0.1) is 23.4 Å². The quantitative estimate of drug-likeness (QED) is 0.627. The third kappa shape index (κ3) is 4.77. The molecule has 0 spiro atoms. The third-order valence-electron chi connectivity index (χ3n) is 3.56. The molecular formula is C20H18N2O3S. The molecule has 132 valence electrons. The summed E-state index contributed by atoms with van der Waals surface area (Å²) in [7, 11) is 0. The van der Waals surface area contributed by atoms with E-state index >= 15 is 0 Å². The van der Waals surface area contributed by atoms with Crippen molar-refractivity contribution in [2.24, 2.45) is 0 Å². The zero-order chi connectivity index (χ0) is 18.4. The molecule has 6 heteroatoms. The zero-order valence-corrected chi connectivity index (χ0v) is 15.0. The van der Waals surface area contributed by atoms with Crippen LogP contribution in [-0.2, 0) is 4.79 Å². The molecule has 0 saturated carbocycles. The standard InChI is InChI=1S/C20H18N2O3S/c1-14-9-10-16(22-20(24)18-8-5-11-25-18)17(12-14)21-19(23)13-26-15-6-3-2-4-7-15/h2-12H,13H2,1H3,(H,21,23)(H,22,24). The first kappa shape index (κ1) is 17.8. The van der Waals surface area contributed by atoms with Crippen LogP contribution in [0.1, 0.15) is 16.1 Å². The maximum Gasteiger partial charge on any atom is 0.291 e. The molecule has 0 radical (unpaired) electrons. The number of furan rings is 1. The smallest absolute Gasteiger partial charge is 0.291 e. The van der Waals surface area contributed by atoms with Crippen molar-refractivity contribution in [3.8, 4) is 0 Å². The molecule has 5 nitrogen and oxygen atoms in total. The molecule has 0 bridgehead atoms. The minimum absolute atomic E-state index is 0.141. The fraction of sp³-hybridized carbons (Fsp3) is 0.100. The summed E-state index contributed by atoms with van der Waals surface area (Å²) in [5.74, 6) is -0.0165. The molecule has 0 aliphatic carbocycles. The van der Waals surface area contributed by atoms with E-state index in [0.717, 1.165) is 10.5 Å². The number of hydrogen-bond acceptors (Lipinski definition) is 4. The number of benzene rings is 2. The molecule has 0 atom stereocenters. The van der Waals surface area contributed by atoms with Crippen LogP contribution in [0.3, 0.4) is 0 Å². The Balaban J connectivity index is 1.67. The SMILES string of the molecule is Cc1ccc(NC(=O)c2ccco2)c(NC(=O)CSc2ccccc2)c1. The van der Waals surface area contributed by atoms with Crippen LogP contribution in [0.25, 0.3) is 0 Å². The molecule has 2 amide bonds. The molecule has 1 heterocycles. The maximum atomic E-state index is 12.3. The number of amides is 2.